The van der Waals surface area contributed by atoms with Crippen LogP contribution < -0.4 is 15.8 Å². The highest BCUT2D eigenvalue weighted by atomic mass is 32.2. The van der Waals surface area contributed by atoms with Crippen molar-refractivity contribution in [2.45, 2.75) is 0 Å². The van der Waals surface area contributed by atoms with Crippen LogP contribution in [0.4, 0.5) is 5.69 Å². The van der Waals surface area contributed by atoms with Crippen molar-refractivity contribution in [3.63, 3.8) is 0 Å². The molecule has 0 bridgehead atoms. The van der Waals surface area contributed by atoms with Gasteiger partial charge in [0.25, 0.3) is 5.91 Å². The molecule has 0 aliphatic carbocycles. The number of carbonyl (C=O) groups is 1. The molecule has 7 nitrogen and oxygen atoms in total. The number of nitrogens with one attached hydrogen (secondary N) is 3. The first-order valence-corrected chi connectivity index (χ1v) is 7.86. The summed E-state index contributed by atoms with van der Waals surface area (Å²) in [6.07, 6.45) is 1.06. The van der Waals surface area contributed by atoms with E-state index < -0.39 is 10.0 Å². The largest absolute Gasteiger partial charge is 0.397 e. The number of hydrogen-bond acceptors (Lipinski definition) is 4. The highest BCUT2D eigenvalue weighted by molar-refractivity contribution is 7.88. The number of benzene rings is 1. The van der Waals surface area contributed by atoms with E-state index >= 15 is 0 Å². The lowest BCUT2D eigenvalue weighted by Gasteiger charge is -2.04. The maximum Gasteiger partial charge on any atom is 0.267 e. The number of para-hydroxylation sites is 1. The summed E-state index contributed by atoms with van der Waals surface area (Å²) in [5.74, 6) is -0.309. The quantitative estimate of drug-likeness (QED) is 0.460. The summed E-state index contributed by atoms with van der Waals surface area (Å²) in [5.41, 5.74) is 7.47. The second kappa shape index (κ2) is 5.51. The average Bonchev–Trinajstić information content (AvgIpc) is 2.79. The molecule has 0 aliphatic rings. The second-order valence-electron chi connectivity index (χ2n) is 4.42. The van der Waals surface area contributed by atoms with Gasteiger partial charge in [0, 0.05) is 18.5 Å². The number of rotatable bonds is 5. The van der Waals surface area contributed by atoms with Crippen LogP contribution in [0.25, 0.3) is 10.9 Å². The van der Waals surface area contributed by atoms with Crippen molar-refractivity contribution >= 4 is 32.5 Å². The molecule has 8 heteroatoms. The third-order valence-corrected chi connectivity index (χ3v) is 3.44. The zero-order valence-corrected chi connectivity index (χ0v) is 11.8. The number of aromatic amines is 1. The third kappa shape index (κ3) is 3.49. The van der Waals surface area contributed by atoms with Gasteiger partial charge in [-0.2, -0.15) is 0 Å². The second-order valence-corrected chi connectivity index (χ2v) is 6.25. The van der Waals surface area contributed by atoms with E-state index in [4.69, 9.17) is 5.73 Å². The number of fused-ring (bicyclic) bond motifs is 1. The molecule has 1 heterocycles. The van der Waals surface area contributed by atoms with E-state index in [9.17, 15) is 13.2 Å². The SMILES string of the molecule is CS(=O)(=O)NCCNC(=O)c1cc2cccc(N)c2[nH]1. The Labute approximate surface area is 116 Å². The molecule has 20 heavy (non-hydrogen) atoms. The van der Waals surface area contributed by atoms with Crippen LogP contribution in [-0.2, 0) is 10.0 Å². The van der Waals surface area contributed by atoms with Gasteiger partial charge in [0.05, 0.1) is 17.5 Å². The van der Waals surface area contributed by atoms with E-state index in [1.54, 1.807) is 12.1 Å². The lowest BCUT2D eigenvalue weighted by atomic mass is 10.2. The minimum Gasteiger partial charge on any atom is -0.397 e. The number of nitrogens with two attached hydrogens (primary N) is 1. The molecule has 0 atom stereocenters. The Morgan fingerprint density at radius 1 is 1.35 bits per heavy atom. The molecular formula is C12H16N4O3S. The average molecular weight is 296 g/mol. The van der Waals surface area contributed by atoms with E-state index in [2.05, 4.69) is 15.0 Å². The Hall–Kier alpha value is -2.06. The molecule has 0 fully saturated rings. The maximum absolute atomic E-state index is 11.9. The van der Waals surface area contributed by atoms with Gasteiger partial charge in [0.1, 0.15) is 5.69 Å². The number of nitrogen functional groups attached to an aromatic ring is 1. The minimum absolute atomic E-state index is 0.146. The van der Waals surface area contributed by atoms with Gasteiger partial charge in [-0.05, 0) is 12.1 Å². The fraction of sp³-hybridized carbons (Fsp3) is 0.250. The van der Waals surface area contributed by atoms with Crippen LogP contribution in [0.3, 0.4) is 0 Å². The van der Waals surface area contributed by atoms with Crippen LogP contribution in [0, 0.1) is 0 Å². The van der Waals surface area contributed by atoms with Crippen molar-refractivity contribution in [2.75, 3.05) is 25.1 Å². The van der Waals surface area contributed by atoms with Crippen LogP contribution in [0.5, 0.6) is 0 Å². The third-order valence-electron chi connectivity index (χ3n) is 2.71. The zero-order chi connectivity index (χ0) is 14.8. The van der Waals surface area contributed by atoms with E-state index in [0.717, 1.165) is 11.6 Å². The summed E-state index contributed by atoms with van der Waals surface area (Å²) >= 11 is 0. The summed E-state index contributed by atoms with van der Waals surface area (Å²) in [6.45, 7) is 0.351. The molecule has 5 N–H and O–H groups in total. The van der Waals surface area contributed by atoms with Crippen LogP contribution in [0.2, 0.25) is 0 Å². The van der Waals surface area contributed by atoms with Gasteiger partial charge in [-0.15, -0.1) is 0 Å². The van der Waals surface area contributed by atoms with Gasteiger partial charge in [-0.1, -0.05) is 12.1 Å². The van der Waals surface area contributed by atoms with E-state index in [1.807, 2.05) is 12.1 Å². The summed E-state index contributed by atoms with van der Waals surface area (Å²) in [7, 11) is -3.24. The van der Waals surface area contributed by atoms with Gasteiger partial charge in [-0.25, -0.2) is 13.1 Å². The fourth-order valence-corrected chi connectivity index (χ4v) is 2.28. The zero-order valence-electron chi connectivity index (χ0n) is 10.9. The predicted molar refractivity (Wildman–Crippen MR) is 77.9 cm³/mol. The maximum atomic E-state index is 11.9. The molecule has 0 spiro atoms. The molecule has 0 aliphatic heterocycles. The van der Waals surface area contributed by atoms with E-state index in [1.165, 1.54) is 0 Å². The standard InChI is InChI=1S/C12H16N4O3S/c1-20(18,19)15-6-5-14-12(17)10-7-8-3-2-4-9(13)11(8)16-10/h2-4,7,15-16H,5-6,13H2,1H3,(H,14,17). The number of sulfonamides is 1. The lowest BCUT2D eigenvalue weighted by Crippen LogP contribution is -2.34. The molecule has 1 amide bonds. The number of hydrogen-bond donors (Lipinski definition) is 4. The molecule has 2 aromatic rings. The van der Waals surface area contributed by atoms with Crippen LogP contribution in [0.1, 0.15) is 10.5 Å². The van der Waals surface area contributed by atoms with Crippen molar-refractivity contribution < 1.29 is 13.2 Å². The molecule has 0 radical (unpaired) electrons. The van der Waals surface area contributed by atoms with E-state index in [-0.39, 0.29) is 19.0 Å². The van der Waals surface area contributed by atoms with Crippen molar-refractivity contribution in [2.24, 2.45) is 0 Å². The first-order chi connectivity index (χ1) is 9.37. The number of aromatic nitrogens is 1. The predicted octanol–water partition coefficient (Wildman–Crippen LogP) is 0.0291. The highest BCUT2D eigenvalue weighted by Gasteiger charge is 2.10. The molecular weight excluding hydrogens is 280 g/mol. The minimum atomic E-state index is -3.24. The Bertz CT molecular complexity index is 736. The molecule has 0 unspecified atom stereocenters. The molecule has 0 saturated heterocycles. The summed E-state index contributed by atoms with van der Waals surface area (Å²) in [4.78, 5) is 14.8. The van der Waals surface area contributed by atoms with Gasteiger partial charge in [-0.3, -0.25) is 4.79 Å². The smallest absolute Gasteiger partial charge is 0.267 e. The van der Waals surface area contributed by atoms with Gasteiger partial charge < -0.3 is 16.0 Å². The summed E-state index contributed by atoms with van der Waals surface area (Å²) < 4.78 is 24.0. The lowest BCUT2D eigenvalue weighted by molar-refractivity contribution is 0.0950. The van der Waals surface area contributed by atoms with Gasteiger partial charge >= 0.3 is 0 Å². The fourth-order valence-electron chi connectivity index (χ4n) is 1.81. The summed E-state index contributed by atoms with van der Waals surface area (Å²) in [6, 6.07) is 7.11. The summed E-state index contributed by atoms with van der Waals surface area (Å²) in [5, 5.41) is 3.47. The Morgan fingerprint density at radius 2 is 2.10 bits per heavy atom. The van der Waals surface area contributed by atoms with Crippen molar-refractivity contribution in [3.05, 3.63) is 30.0 Å². The van der Waals surface area contributed by atoms with Crippen LogP contribution in [0.15, 0.2) is 24.3 Å². The monoisotopic (exact) mass is 296 g/mol. The normalized spacial score (nSPS) is 11.7. The topological polar surface area (TPSA) is 117 Å². The Balaban J connectivity index is 1.99. The van der Waals surface area contributed by atoms with Crippen LogP contribution >= 0.6 is 0 Å². The molecule has 1 aromatic heterocycles. The Morgan fingerprint density at radius 3 is 2.75 bits per heavy atom. The molecule has 0 saturated carbocycles. The number of amides is 1. The molecule has 1 aromatic carbocycles. The van der Waals surface area contributed by atoms with Gasteiger partial charge in [0.2, 0.25) is 10.0 Å². The van der Waals surface area contributed by atoms with Crippen LogP contribution in [-0.4, -0.2) is 38.7 Å². The van der Waals surface area contributed by atoms with Crippen molar-refractivity contribution in [3.8, 4) is 0 Å². The first kappa shape index (κ1) is 14.4. The molecule has 108 valence electrons. The number of carbonyl (C=O) groups excluding carboxylic acids is 1. The van der Waals surface area contributed by atoms with Crippen molar-refractivity contribution in [1.29, 1.82) is 0 Å². The molecule has 2 rings (SSSR count). The number of H-pyrrole nitrogens is 1. The Kier molecular flexibility index (Phi) is 3.96. The van der Waals surface area contributed by atoms with E-state index in [0.29, 0.717) is 16.9 Å². The number of anilines is 1. The highest BCUT2D eigenvalue weighted by Crippen LogP contribution is 2.20. The van der Waals surface area contributed by atoms with Crippen molar-refractivity contribution in [1.82, 2.24) is 15.0 Å². The van der Waals surface area contributed by atoms with Gasteiger partial charge in [0.15, 0.2) is 0 Å². The first-order valence-electron chi connectivity index (χ1n) is 5.97.